The molecule has 2 amide bonds. The minimum absolute atomic E-state index is 0.0619. The number of aromatic nitrogens is 2. The van der Waals surface area contributed by atoms with Crippen LogP contribution < -0.4 is 5.32 Å². The van der Waals surface area contributed by atoms with E-state index in [-0.39, 0.29) is 18.4 Å². The number of hydrogen-bond acceptors (Lipinski definition) is 7. The van der Waals surface area contributed by atoms with E-state index in [1.54, 1.807) is 5.51 Å². The summed E-state index contributed by atoms with van der Waals surface area (Å²) >= 11 is 2.77. The van der Waals surface area contributed by atoms with Gasteiger partial charge in [0.15, 0.2) is 0 Å². The van der Waals surface area contributed by atoms with Crippen LogP contribution in [-0.2, 0) is 4.79 Å². The third-order valence-corrected chi connectivity index (χ3v) is 6.09. The first-order valence-corrected chi connectivity index (χ1v) is 10.7. The predicted octanol–water partition coefficient (Wildman–Crippen LogP) is 2.66. The van der Waals surface area contributed by atoms with Crippen molar-refractivity contribution in [3.05, 3.63) is 52.2 Å². The highest BCUT2D eigenvalue weighted by Gasteiger charge is 2.26. The van der Waals surface area contributed by atoms with Crippen molar-refractivity contribution in [3.63, 3.8) is 0 Å². The Morgan fingerprint density at radius 3 is 2.54 bits per heavy atom. The molecule has 9 heteroatoms. The maximum atomic E-state index is 13.0. The number of benzene rings is 1. The first-order chi connectivity index (χ1) is 13.7. The second-order valence-electron chi connectivity index (χ2n) is 6.39. The molecule has 0 radical (unpaired) electrons. The average Bonchev–Trinajstić information content (AvgIpc) is 3.40. The number of carbonyl (C=O) groups excluding carboxylic acids is 2. The summed E-state index contributed by atoms with van der Waals surface area (Å²) in [6.07, 6.45) is 0. The molecular formula is C19H19N5O2S2. The van der Waals surface area contributed by atoms with Crippen LogP contribution in [0.25, 0.3) is 11.1 Å². The average molecular weight is 414 g/mol. The van der Waals surface area contributed by atoms with Crippen LogP contribution in [0.1, 0.15) is 9.67 Å². The lowest BCUT2D eigenvalue weighted by Gasteiger charge is -2.34. The van der Waals surface area contributed by atoms with Gasteiger partial charge >= 0.3 is 0 Å². The molecule has 1 aromatic carbocycles. The number of thiophene rings is 1. The van der Waals surface area contributed by atoms with Gasteiger partial charge in [-0.05, 0) is 17.0 Å². The Bertz CT molecular complexity index is 934. The summed E-state index contributed by atoms with van der Waals surface area (Å²) in [5, 5.41) is 12.7. The third kappa shape index (κ3) is 4.27. The van der Waals surface area contributed by atoms with Crippen LogP contribution in [-0.4, -0.2) is 64.5 Å². The highest BCUT2D eigenvalue weighted by atomic mass is 32.1. The molecule has 2 aromatic heterocycles. The molecule has 144 valence electrons. The molecule has 0 bridgehead atoms. The zero-order chi connectivity index (χ0) is 19.3. The van der Waals surface area contributed by atoms with Crippen LogP contribution in [0.5, 0.6) is 0 Å². The normalized spacial score (nSPS) is 14.8. The Morgan fingerprint density at radius 1 is 1.04 bits per heavy atom. The second-order valence-corrected chi connectivity index (χ2v) is 8.14. The lowest BCUT2D eigenvalue weighted by molar-refractivity contribution is -0.117. The molecule has 0 spiro atoms. The van der Waals surface area contributed by atoms with Gasteiger partial charge in [-0.15, -0.1) is 21.5 Å². The fraction of sp³-hybridized carbons (Fsp3) is 0.263. The molecular weight excluding hydrogens is 394 g/mol. The van der Waals surface area contributed by atoms with Crippen molar-refractivity contribution in [3.8, 4) is 11.1 Å². The van der Waals surface area contributed by atoms with Crippen LogP contribution in [0, 0.1) is 0 Å². The van der Waals surface area contributed by atoms with Crippen molar-refractivity contribution in [1.29, 1.82) is 0 Å². The summed E-state index contributed by atoms with van der Waals surface area (Å²) in [5.41, 5.74) is 3.61. The van der Waals surface area contributed by atoms with Gasteiger partial charge in [-0.2, -0.15) is 0 Å². The number of nitrogens with zero attached hydrogens (tertiary/aromatic N) is 4. The largest absolute Gasteiger partial charge is 0.335 e. The molecule has 4 rings (SSSR count). The van der Waals surface area contributed by atoms with Crippen molar-refractivity contribution in [1.82, 2.24) is 20.0 Å². The van der Waals surface area contributed by atoms with Crippen molar-refractivity contribution in [2.45, 2.75) is 0 Å². The molecule has 1 N–H and O–H groups in total. The Hall–Kier alpha value is -2.62. The molecule has 0 unspecified atom stereocenters. The van der Waals surface area contributed by atoms with Gasteiger partial charge in [0, 0.05) is 31.7 Å². The molecule has 0 saturated carbocycles. The first kappa shape index (κ1) is 18.7. The van der Waals surface area contributed by atoms with E-state index in [4.69, 9.17) is 0 Å². The molecule has 1 aliphatic rings. The van der Waals surface area contributed by atoms with Crippen LogP contribution in [0.15, 0.2) is 47.3 Å². The van der Waals surface area contributed by atoms with E-state index in [9.17, 15) is 9.59 Å². The Labute approximate surface area is 170 Å². The molecule has 1 saturated heterocycles. The molecule has 7 nitrogen and oxygen atoms in total. The van der Waals surface area contributed by atoms with E-state index in [1.165, 1.54) is 22.7 Å². The van der Waals surface area contributed by atoms with Gasteiger partial charge in [0.05, 0.1) is 11.4 Å². The van der Waals surface area contributed by atoms with E-state index in [0.29, 0.717) is 31.3 Å². The summed E-state index contributed by atoms with van der Waals surface area (Å²) in [6.45, 7) is 2.84. The Kier molecular flexibility index (Phi) is 5.75. The van der Waals surface area contributed by atoms with Crippen LogP contribution in [0.4, 0.5) is 5.13 Å². The molecule has 3 aromatic rings. The van der Waals surface area contributed by atoms with Crippen LogP contribution >= 0.6 is 22.7 Å². The van der Waals surface area contributed by atoms with E-state index >= 15 is 0 Å². The van der Waals surface area contributed by atoms with Crippen molar-refractivity contribution >= 4 is 39.6 Å². The molecule has 1 fully saturated rings. The fourth-order valence-electron chi connectivity index (χ4n) is 3.16. The number of hydrogen-bond donors (Lipinski definition) is 1. The number of nitrogens with one attached hydrogen (secondary N) is 1. The van der Waals surface area contributed by atoms with Crippen molar-refractivity contribution in [2.24, 2.45) is 0 Å². The van der Waals surface area contributed by atoms with Gasteiger partial charge in [-0.3, -0.25) is 19.8 Å². The van der Waals surface area contributed by atoms with E-state index in [1.807, 2.05) is 51.6 Å². The van der Waals surface area contributed by atoms with Gasteiger partial charge < -0.3 is 4.90 Å². The minimum Gasteiger partial charge on any atom is -0.335 e. The van der Waals surface area contributed by atoms with Crippen molar-refractivity contribution < 1.29 is 9.59 Å². The summed E-state index contributed by atoms with van der Waals surface area (Å²) in [4.78, 5) is 29.8. The topological polar surface area (TPSA) is 78.4 Å². The zero-order valence-electron chi connectivity index (χ0n) is 15.1. The van der Waals surface area contributed by atoms with Gasteiger partial charge in [-0.25, -0.2) is 0 Å². The summed E-state index contributed by atoms with van der Waals surface area (Å²) in [5.74, 6) is -0.0482. The quantitative estimate of drug-likeness (QED) is 0.696. The highest BCUT2D eigenvalue weighted by molar-refractivity contribution is 7.13. The minimum atomic E-state index is -0.110. The standard InChI is InChI=1S/C19H19N5O2S2/c25-16(21-19-22-20-13-28-19)12-23-7-9-24(10-8-23)18(26)17-15(6-11-27-17)14-4-2-1-3-5-14/h1-6,11,13H,7-10,12H2,(H,21,22,25). The SMILES string of the molecule is O=C(CN1CCN(C(=O)c2sccc2-c2ccccc2)CC1)Nc1nncs1. The number of anilines is 1. The molecule has 0 aliphatic carbocycles. The maximum Gasteiger partial charge on any atom is 0.264 e. The Balaban J connectivity index is 1.34. The molecule has 1 aliphatic heterocycles. The maximum absolute atomic E-state index is 13.0. The fourth-order valence-corrected chi connectivity index (χ4v) is 4.51. The van der Waals surface area contributed by atoms with Gasteiger partial charge in [0.2, 0.25) is 11.0 Å². The Morgan fingerprint density at radius 2 is 1.82 bits per heavy atom. The first-order valence-electron chi connectivity index (χ1n) is 8.91. The van der Waals surface area contributed by atoms with Gasteiger partial charge in [-0.1, -0.05) is 41.7 Å². The van der Waals surface area contributed by atoms with Gasteiger partial charge in [0.25, 0.3) is 5.91 Å². The molecule has 28 heavy (non-hydrogen) atoms. The monoisotopic (exact) mass is 413 g/mol. The van der Waals surface area contributed by atoms with Crippen molar-refractivity contribution in [2.75, 3.05) is 38.0 Å². The van der Waals surface area contributed by atoms with E-state index in [0.717, 1.165) is 16.0 Å². The predicted molar refractivity (Wildman–Crippen MR) is 111 cm³/mol. The van der Waals surface area contributed by atoms with Gasteiger partial charge in [0.1, 0.15) is 5.51 Å². The van der Waals surface area contributed by atoms with E-state index in [2.05, 4.69) is 15.5 Å². The number of amides is 2. The van der Waals surface area contributed by atoms with Crippen LogP contribution in [0.2, 0.25) is 0 Å². The summed E-state index contributed by atoms with van der Waals surface area (Å²) in [7, 11) is 0. The third-order valence-electron chi connectivity index (χ3n) is 4.58. The number of piperazine rings is 1. The number of rotatable bonds is 5. The lowest BCUT2D eigenvalue weighted by Crippen LogP contribution is -2.50. The highest BCUT2D eigenvalue weighted by Crippen LogP contribution is 2.29. The van der Waals surface area contributed by atoms with E-state index < -0.39 is 0 Å². The lowest BCUT2D eigenvalue weighted by atomic mass is 10.1. The number of carbonyl (C=O) groups is 2. The molecule has 0 atom stereocenters. The smallest absolute Gasteiger partial charge is 0.264 e. The summed E-state index contributed by atoms with van der Waals surface area (Å²) in [6, 6.07) is 12.0. The summed E-state index contributed by atoms with van der Waals surface area (Å²) < 4.78 is 0. The second kappa shape index (κ2) is 8.59. The van der Waals surface area contributed by atoms with Crippen LogP contribution in [0.3, 0.4) is 0 Å². The molecule has 3 heterocycles. The zero-order valence-corrected chi connectivity index (χ0v) is 16.7.